The molecule has 2 aliphatic heterocycles. The number of carbonyl (C=O) groups is 3. The lowest BCUT2D eigenvalue weighted by atomic mass is 10.0. The number of piperidine rings is 1. The van der Waals surface area contributed by atoms with Gasteiger partial charge in [-0.3, -0.25) is 14.4 Å². The largest absolute Gasteiger partial charge is 0.493 e. The topological polar surface area (TPSA) is 124 Å². The predicted molar refractivity (Wildman–Crippen MR) is 136 cm³/mol. The predicted octanol–water partition coefficient (Wildman–Crippen LogP) is 1.52. The maximum Gasteiger partial charge on any atom is 0.258 e. The number of hydrogen-bond acceptors (Lipinski definition) is 7. The third kappa shape index (κ3) is 6.28. The molecule has 5 rings (SSSR count). The van der Waals surface area contributed by atoms with E-state index in [1.807, 2.05) is 0 Å². The van der Waals surface area contributed by atoms with E-state index >= 15 is 0 Å². The number of fused-ring (bicyclic) bond motifs is 5. The van der Waals surface area contributed by atoms with Gasteiger partial charge in [0.15, 0.2) is 18.1 Å². The first-order valence-electron chi connectivity index (χ1n) is 12.5. The summed E-state index contributed by atoms with van der Waals surface area (Å²) in [5.41, 5.74) is 0.769. The molecule has 39 heavy (non-hydrogen) atoms. The molecule has 2 aromatic carbocycles. The van der Waals surface area contributed by atoms with E-state index in [-0.39, 0.29) is 49.2 Å². The van der Waals surface area contributed by atoms with E-state index in [1.54, 1.807) is 46.4 Å². The van der Waals surface area contributed by atoms with Crippen LogP contribution in [0.4, 0.5) is 4.39 Å². The van der Waals surface area contributed by atoms with Crippen LogP contribution < -0.4 is 24.8 Å². The Morgan fingerprint density at radius 2 is 2.10 bits per heavy atom. The van der Waals surface area contributed by atoms with Gasteiger partial charge in [0.05, 0.1) is 19.5 Å². The first-order valence-corrected chi connectivity index (χ1v) is 12.5. The molecule has 2 N–H and O–H groups in total. The molecule has 0 unspecified atom stereocenters. The second kappa shape index (κ2) is 11.4. The number of amides is 3. The van der Waals surface area contributed by atoms with Crippen LogP contribution in [-0.4, -0.2) is 71.1 Å². The minimum atomic E-state index is -0.594. The van der Waals surface area contributed by atoms with Crippen LogP contribution in [0.1, 0.15) is 22.3 Å². The molecule has 11 nitrogen and oxygen atoms in total. The van der Waals surface area contributed by atoms with Crippen LogP contribution >= 0.6 is 0 Å². The number of nitrogens with zero attached hydrogens (tertiary/aromatic N) is 3. The highest BCUT2D eigenvalue weighted by Gasteiger charge is 2.34. The number of imidazole rings is 1. The summed E-state index contributed by atoms with van der Waals surface area (Å²) in [6.07, 6.45) is 4.73. The van der Waals surface area contributed by atoms with Crippen LogP contribution in [0.15, 0.2) is 55.1 Å². The molecule has 2 atom stereocenters. The van der Waals surface area contributed by atoms with Gasteiger partial charge in [-0.25, -0.2) is 9.37 Å². The zero-order valence-corrected chi connectivity index (χ0v) is 21.3. The highest BCUT2D eigenvalue weighted by atomic mass is 19.1. The van der Waals surface area contributed by atoms with E-state index < -0.39 is 29.8 Å². The highest BCUT2D eigenvalue weighted by molar-refractivity contribution is 5.95. The zero-order valence-electron chi connectivity index (χ0n) is 21.3. The number of hydrogen-bond donors (Lipinski definition) is 2. The Balaban J connectivity index is 1.44. The van der Waals surface area contributed by atoms with Crippen molar-refractivity contribution in [2.24, 2.45) is 0 Å². The van der Waals surface area contributed by atoms with Crippen molar-refractivity contribution in [3.05, 3.63) is 72.1 Å². The summed E-state index contributed by atoms with van der Waals surface area (Å²) in [4.78, 5) is 44.3. The average Bonchev–Trinajstić information content (AvgIpc) is 3.43. The monoisotopic (exact) mass is 537 g/mol. The van der Waals surface area contributed by atoms with Gasteiger partial charge in [-0.15, -0.1) is 0 Å². The highest BCUT2D eigenvalue weighted by Crippen LogP contribution is 2.29. The van der Waals surface area contributed by atoms with E-state index in [9.17, 15) is 18.8 Å². The molecular weight excluding hydrogens is 509 g/mol. The Morgan fingerprint density at radius 3 is 2.90 bits per heavy atom. The summed E-state index contributed by atoms with van der Waals surface area (Å²) < 4.78 is 33.2. The van der Waals surface area contributed by atoms with Crippen LogP contribution in [0, 0.1) is 5.82 Å². The molecule has 0 radical (unpaired) electrons. The molecule has 1 fully saturated rings. The second-order valence-electron chi connectivity index (χ2n) is 9.33. The fraction of sp³-hybridized carbons (Fsp3) is 0.333. The maximum absolute atomic E-state index is 14.4. The minimum Gasteiger partial charge on any atom is -0.493 e. The molecular formula is C27H28FN5O6. The Labute approximate surface area is 223 Å². The first-order chi connectivity index (χ1) is 18.9. The van der Waals surface area contributed by atoms with Gasteiger partial charge in [-0.05, 0) is 35.9 Å². The molecule has 0 aliphatic carbocycles. The third-order valence-electron chi connectivity index (χ3n) is 6.59. The van der Waals surface area contributed by atoms with Gasteiger partial charge in [-0.1, -0.05) is 0 Å². The van der Waals surface area contributed by atoms with Crippen molar-refractivity contribution in [1.29, 1.82) is 0 Å². The fourth-order valence-corrected chi connectivity index (χ4v) is 4.62. The van der Waals surface area contributed by atoms with Crippen LogP contribution in [0.3, 0.4) is 0 Å². The van der Waals surface area contributed by atoms with E-state index in [4.69, 9.17) is 14.2 Å². The summed E-state index contributed by atoms with van der Waals surface area (Å²) in [7, 11) is 1.45. The fourth-order valence-electron chi connectivity index (χ4n) is 4.62. The summed E-state index contributed by atoms with van der Waals surface area (Å²) in [6.45, 7) is 0.434. The molecule has 3 aromatic rings. The molecule has 3 heterocycles. The number of aromatic nitrogens is 2. The molecule has 2 aliphatic rings. The number of likely N-dealkylation sites (tertiary alicyclic amines) is 1. The molecule has 0 saturated carbocycles. The molecule has 3 amide bonds. The van der Waals surface area contributed by atoms with Crippen LogP contribution in [0.2, 0.25) is 0 Å². The van der Waals surface area contributed by atoms with Crippen molar-refractivity contribution in [1.82, 2.24) is 25.1 Å². The van der Waals surface area contributed by atoms with Crippen molar-refractivity contribution in [2.45, 2.75) is 31.7 Å². The molecule has 0 spiro atoms. The second-order valence-corrected chi connectivity index (χ2v) is 9.33. The minimum absolute atomic E-state index is 0.0643. The Kier molecular flexibility index (Phi) is 7.62. The van der Waals surface area contributed by atoms with Crippen LogP contribution in [-0.2, 0) is 22.7 Å². The summed E-state index contributed by atoms with van der Waals surface area (Å²) in [5.74, 6) is -0.685. The number of nitrogens with one attached hydrogen (secondary N) is 2. The lowest BCUT2D eigenvalue weighted by Crippen LogP contribution is -2.58. The van der Waals surface area contributed by atoms with E-state index in [0.717, 1.165) is 0 Å². The molecule has 4 bridgehead atoms. The van der Waals surface area contributed by atoms with Crippen LogP contribution in [0.5, 0.6) is 17.2 Å². The SMILES string of the molecule is COc1ccc2cc1OCC(=O)NCc1cc(F)cc(c1)O[C@@H]1CCN(C(=O)Cn3ccnc3)C[C@@H]1NC2=O. The standard InChI is InChI=1S/C27H28FN5O6/c1-37-23-3-2-18-10-24(23)38-15-25(34)30-12-17-8-19(28)11-20(9-17)39-22-4-6-33(13-21(22)31-27(18)36)26(35)14-32-7-5-29-16-32/h2-3,5,7-11,16,21-22H,4,6,12-15H2,1H3,(H,30,34)(H,31,36)/t21-,22+/m0/s1. The third-order valence-corrected chi connectivity index (χ3v) is 6.59. The molecule has 1 saturated heterocycles. The number of benzene rings is 2. The summed E-state index contributed by atoms with van der Waals surface area (Å²) >= 11 is 0. The van der Waals surface area contributed by atoms with Gasteiger partial charge < -0.3 is 34.3 Å². The van der Waals surface area contributed by atoms with E-state index in [0.29, 0.717) is 24.3 Å². The molecule has 12 heteroatoms. The quantitative estimate of drug-likeness (QED) is 0.519. The van der Waals surface area contributed by atoms with Gasteiger partial charge >= 0.3 is 0 Å². The van der Waals surface area contributed by atoms with Gasteiger partial charge in [0.25, 0.3) is 11.8 Å². The van der Waals surface area contributed by atoms with Gasteiger partial charge in [0.1, 0.15) is 24.2 Å². The summed E-state index contributed by atoms with van der Waals surface area (Å²) in [6, 6.07) is 8.24. The van der Waals surface area contributed by atoms with Gasteiger partial charge in [0.2, 0.25) is 5.91 Å². The Hall–Kier alpha value is -4.61. The number of methoxy groups -OCH3 is 1. The van der Waals surface area contributed by atoms with Crippen molar-refractivity contribution >= 4 is 17.7 Å². The van der Waals surface area contributed by atoms with Crippen molar-refractivity contribution < 1.29 is 33.0 Å². The lowest BCUT2D eigenvalue weighted by Gasteiger charge is -2.39. The molecule has 1 aromatic heterocycles. The van der Waals surface area contributed by atoms with Gasteiger partial charge in [0, 0.05) is 50.1 Å². The number of rotatable bonds is 3. The smallest absolute Gasteiger partial charge is 0.258 e. The lowest BCUT2D eigenvalue weighted by molar-refractivity contribution is -0.134. The van der Waals surface area contributed by atoms with E-state index in [1.165, 1.54) is 25.3 Å². The van der Waals surface area contributed by atoms with Crippen LogP contribution in [0.25, 0.3) is 0 Å². The number of carbonyl (C=O) groups excluding carboxylic acids is 3. The zero-order chi connectivity index (χ0) is 27.4. The van der Waals surface area contributed by atoms with Crippen molar-refractivity contribution in [3.8, 4) is 17.2 Å². The Bertz CT molecular complexity index is 1360. The normalized spacial score (nSPS) is 19.6. The van der Waals surface area contributed by atoms with Gasteiger partial charge in [-0.2, -0.15) is 0 Å². The van der Waals surface area contributed by atoms with Crippen molar-refractivity contribution in [3.63, 3.8) is 0 Å². The summed E-state index contributed by atoms with van der Waals surface area (Å²) in [5, 5.41) is 5.67. The Morgan fingerprint density at radius 1 is 1.23 bits per heavy atom. The average molecular weight is 538 g/mol. The molecule has 204 valence electrons. The van der Waals surface area contributed by atoms with E-state index in [2.05, 4.69) is 15.6 Å². The van der Waals surface area contributed by atoms with Crippen molar-refractivity contribution in [2.75, 3.05) is 26.8 Å². The number of ether oxygens (including phenoxy) is 3. The first kappa shape index (κ1) is 26.0. The maximum atomic E-state index is 14.4. The number of halogens is 1.